The molecule has 0 saturated carbocycles. The van der Waals surface area contributed by atoms with Crippen LogP contribution in [0, 0.1) is 0 Å². The zero-order chi connectivity index (χ0) is 63.7. The number of aromatic nitrogens is 4. The van der Waals surface area contributed by atoms with E-state index in [-0.39, 0.29) is 69.9 Å². The highest BCUT2D eigenvalue weighted by Gasteiger charge is 2.36. The molecule has 2 aromatic heterocycles. The van der Waals surface area contributed by atoms with Crippen molar-refractivity contribution < 1.29 is 52.7 Å². The van der Waals surface area contributed by atoms with Crippen LogP contribution in [-0.2, 0) is 41.7 Å². The summed E-state index contributed by atoms with van der Waals surface area (Å²) in [5, 5.41) is 10.9. The van der Waals surface area contributed by atoms with E-state index in [1.165, 1.54) is 28.9 Å². The molecule has 2 atom stereocenters. The maximum Gasteiger partial charge on any atom is 0.410 e. The fourth-order valence-electron chi connectivity index (χ4n) is 11.6. The summed E-state index contributed by atoms with van der Waals surface area (Å²) in [6.07, 6.45) is 14.1. The minimum absolute atomic E-state index is 0.0767. The summed E-state index contributed by atoms with van der Waals surface area (Å²) in [6.45, 7) is 2.34. The van der Waals surface area contributed by atoms with E-state index in [0.717, 1.165) is 32.1 Å². The first-order valence-electron chi connectivity index (χ1n) is 30.1. The first kappa shape index (κ1) is 61.7. The number of rotatable bonds is 27. The molecule has 3 aliphatic heterocycles. The van der Waals surface area contributed by atoms with Crippen LogP contribution in [-0.4, -0.2) is 168 Å². The molecule has 0 fully saturated rings. The molecule has 1 unspecified atom stereocenters. The number of imide groups is 3. The Morgan fingerprint density at radius 3 is 1.68 bits per heavy atom. The van der Waals surface area contributed by atoms with Gasteiger partial charge in [-0.3, -0.25) is 57.9 Å². The molecule has 11 rings (SSSR count). The molecule has 23 heteroatoms. The van der Waals surface area contributed by atoms with Crippen LogP contribution in [0.4, 0.5) is 10.5 Å². The number of carbonyl (C=O) groups is 10. The van der Waals surface area contributed by atoms with Crippen LogP contribution >= 0.6 is 0 Å². The zero-order valence-electron chi connectivity index (χ0n) is 50.2. The van der Waals surface area contributed by atoms with Crippen molar-refractivity contribution in [3.63, 3.8) is 0 Å². The monoisotopic (exact) mass is 1230 g/mol. The van der Waals surface area contributed by atoms with Crippen molar-refractivity contribution in [2.45, 2.75) is 64.1 Å². The van der Waals surface area contributed by atoms with Crippen LogP contribution in [0.3, 0.4) is 0 Å². The number of ether oxygens (including phenoxy) is 1. The Hall–Kier alpha value is -10.9. The molecule has 0 saturated heterocycles. The van der Waals surface area contributed by atoms with Gasteiger partial charge in [-0.2, -0.15) is 0 Å². The van der Waals surface area contributed by atoms with Gasteiger partial charge in [0.2, 0.25) is 17.7 Å². The Labute approximate surface area is 523 Å². The Morgan fingerprint density at radius 1 is 0.538 bits per heavy atom. The highest BCUT2D eigenvalue weighted by Crippen LogP contribution is 2.35. The van der Waals surface area contributed by atoms with Crippen molar-refractivity contribution in [2.24, 2.45) is 0 Å². The molecular weight excluding hydrogens is 1160 g/mol. The number of imidazole rings is 2. The number of carbonyl (C=O) groups excluding carboxylic acids is 10. The highest BCUT2D eigenvalue weighted by atomic mass is 16.6. The Morgan fingerprint density at radius 2 is 1.11 bits per heavy atom. The van der Waals surface area contributed by atoms with Crippen LogP contribution in [0.25, 0.3) is 32.9 Å². The summed E-state index contributed by atoms with van der Waals surface area (Å²) >= 11 is 0. The molecule has 0 radical (unpaired) electrons. The molecule has 91 heavy (non-hydrogen) atoms. The van der Waals surface area contributed by atoms with Gasteiger partial charge in [0.1, 0.15) is 18.7 Å². The summed E-state index contributed by atoms with van der Waals surface area (Å²) in [5.74, 6) is -4.00. The molecule has 464 valence electrons. The Bertz CT molecular complexity index is 4090. The lowest BCUT2D eigenvalue weighted by Gasteiger charge is -2.31. The van der Waals surface area contributed by atoms with Gasteiger partial charge in [0, 0.05) is 139 Å². The van der Waals surface area contributed by atoms with Crippen molar-refractivity contribution in [1.29, 1.82) is 0 Å². The van der Waals surface area contributed by atoms with Crippen molar-refractivity contribution in [1.82, 2.24) is 54.2 Å². The number of hydrogen-bond acceptors (Lipinski definition) is 14. The maximum atomic E-state index is 14.3. The average Bonchev–Trinajstić information content (AvgIpc) is 1.20. The third-order valence-electron chi connectivity index (χ3n) is 16.5. The summed E-state index contributed by atoms with van der Waals surface area (Å²) in [7, 11) is 1.85. The first-order chi connectivity index (χ1) is 44.1. The molecule has 23 nitrogen and oxygen atoms in total. The number of hydrogen-bond donors (Lipinski definition) is 3. The summed E-state index contributed by atoms with van der Waals surface area (Å²) in [5.41, 5.74) is 4.81. The van der Waals surface area contributed by atoms with E-state index in [1.807, 2.05) is 69.6 Å². The molecular formula is C68H66N12O11. The third kappa shape index (κ3) is 13.7. The molecule has 8 aromatic rings. The van der Waals surface area contributed by atoms with Crippen LogP contribution < -0.4 is 16.0 Å². The van der Waals surface area contributed by atoms with E-state index in [0.29, 0.717) is 88.4 Å². The maximum absolute atomic E-state index is 14.3. The normalized spacial score (nSPS) is 14.2. The van der Waals surface area contributed by atoms with Crippen LogP contribution in [0.15, 0.2) is 165 Å². The minimum Gasteiger partial charge on any atom is -0.445 e. The molecule has 0 bridgehead atoms. The topological polar surface area (TPSA) is 268 Å². The SMILES string of the molecule is CC(NC(=O)CCCCCN1C(=O)C=CC1=O)C(=O)N[C@@H](Cc1ccccc1)C(=O)Nc1ccc(COC(=O)N(CCCN(C)CCN2C(=O)c3cccc4c(-n5ccnc5)ccc(c34)C2=O)CCN2C(=O)c3cccc4c(-n5ccnc5)ccc(c34)C2=O)cc1. The van der Waals surface area contributed by atoms with Gasteiger partial charge in [-0.05, 0) is 99.4 Å². The van der Waals surface area contributed by atoms with Gasteiger partial charge in [0.15, 0.2) is 0 Å². The highest BCUT2D eigenvalue weighted by molar-refractivity contribution is 6.27. The molecule has 3 N–H and O–H groups in total. The molecule has 10 amide bonds. The van der Waals surface area contributed by atoms with Gasteiger partial charge < -0.3 is 39.6 Å². The van der Waals surface area contributed by atoms with Crippen molar-refractivity contribution in [2.75, 3.05) is 58.2 Å². The average molecular weight is 1230 g/mol. The lowest BCUT2D eigenvalue weighted by Crippen LogP contribution is -2.52. The van der Waals surface area contributed by atoms with E-state index in [4.69, 9.17) is 4.74 Å². The minimum atomic E-state index is -1.05. The molecule has 6 aromatic carbocycles. The second kappa shape index (κ2) is 27.6. The number of unbranched alkanes of at least 4 members (excludes halogenated alkanes) is 2. The quantitative estimate of drug-likeness (QED) is 0.0350. The van der Waals surface area contributed by atoms with Gasteiger partial charge >= 0.3 is 6.09 Å². The third-order valence-corrected chi connectivity index (χ3v) is 16.5. The largest absolute Gasteiger partial charge is 0.445 e. The summed E-state index contributed by atoms with van der Waals surface area (Å²) in [6, 6.07) is 31.5. The van der Waals surface area contributed by atoms with Gasteiger partial charge in [-0.1, -0.05) is 73.2 Å². The summed E-state index contributed by atoms with van der Waals surface area (Å²) in [4.78, 5) is 150. The molecule has 0 spiro atoms. The number of benzene rings is 6. The fourth-order valence-corrected chi connectivity index (χ4v) is 11.6. The van der Waals surface area contributed by atoms with Gasteiger partial charge in [0.05, 0.1) is 24.0 Å². The van der Waals surface area contributed by atoms with E-state index in [9.17, 15) is 47.9 Å². The Balaban J connectivity index is 0.716. The molecule has 3 aliphatic rings. The van der Waals surface area contributed by atoms with E-state index in [2.05, 4.69) is 25.9 Å². The Kier molecular flexibility index (Phi) is 18.7. The lowest BCUT2D eigenvalue weighted by molar-refractivity contribution is -0.137. The van der Waals surface area contributed by atoms with Crippen LogP contribution in [0.1, 0.15) is 91.6 Å². The fraction of sp³-hybridized carbons (Fsp3) is 0.265. The second-order valence-electron chi connectivity index (χ2n) is 22.6. The van der Waals surface area contributed by atoms with E-state index >= 15 is 0 Å². The van der Waals surface area contributed by atoms with Gasteiger partial charge in [0.25, 0.3) is 35.4 Å². The lowest BCUT2D eigenvalue weighted by atomic mass is 9.93. The molecule has 0 aliphatic carbocycles. The van der Waals surface area contributed by atoms with Crippen LogP contribution in [0.5, 0.6) is 0 Å². The predicted octanol–water partition coefficient (Wildman–Crippen LogP) is 6.87. The number of amides is 10. The second-order valence-corrected chi connectivity index (χ2v) is 22.6. The first-order valence-corrected chi connectivity index (χ1v) is 30.1. The van der Waals surface area contributed by atoms with Crippen LogP contribution in [0.2, 0.25) is 0 Å². The van der Waals surface area contributed by atoms with Gasteiger partial charge in [-0.25, -0.2) is 14.8 Å². The molecule has 5 heterocycles. The van der Waals surface area contributed by atoms with Crippen molar-refractivity contribution in [3.05, 3.63) is 198 Å². The van der Waals surface area contributed by atoms with E-state index < -0.39 is 53.6 Å². The summed E-state index contributed by atoms with van der Waals surface area (Å²) < 4.78 is 9.54. The number of anilines is 1. The number of likely N-dealkylation sites (N-methyl/N-ethyl adjacent to an activating group) is 1. The number of nitrogens with one attached hydrogen (secondary N) is 3. The zero-order valence-corrected chi connectivity index (χ0v) is 50.2. The standard InChI is InChI=1S/C68H66N12O11/c1-44(71-57(81)18-7-4-8-33-78-58(82)27-28-59(78)83)62(84)73-54(40-45-12-5-3-6-13-45)63(85)72-47-21-19-46(20-22-47)41-91-68(90)75(37-39-80-65(87)51-17-10-15-49-56(77-35-30-70-43-77)26-24-53(61(49)51)67(80)89)32-11-31-74(2)36-38-79-64(86)50-16-9-14-48-55(76-34-29-69-42-76)25-23-52(60(48)50)66(79)88/h3,5-6,9-10,12-17,19-30,34-35,42-44,54H,4,7-8,11,18,31-33,36-41H2,1-2H3,(H,71,81)(H,72,85)(H,73,84)/t44?,54-/m0/s1. The smallest absolute Gasteiger partial charge is 0.410 e. The predicted molar refractivity (Wildman–Crippen MR) is 336 cm³/mol. The van der Waals surface area contributed by atoms with Gasteiger partial charge in [-0.15, -0.1) is 0 Å². The van der Waals surface area contributed by atoms with E-state index in [1.54, 1.807) is 104 Å². The number of nitrogens with zero attached hydrogens (tertiary/aromatic N) is 9. The van der Waals surface area contributed by atoms with Crippen molar-refractivity contribution >= 4 is 86.5 Å². The van der Waals surface area contributed by atoms with Crippen molar-refractivity contribution in [3.8, 4) is 11.4 Å².